The van der Waals surface area contributed by atoms with Crippen LogP contribution in [0.25, 0.3) is 11.3 Å². The summed E-state index contributed by atoms with van der Waals surface area (Å²) >= 11 is 0. The van der Waals surface area contributed by atoms with Crippen LogP contribution in [0.15, 0.2) is 24.3 Å². The van der Waals surface area contributed by atoms with E-state index in [1.54, 1.807) is 19.1 Å². The van der Waals surface area contributed by atoms with Crippen molar-refractivity contribution in [3.8, 4) is 17.3 Å². The average Bonchev–Trinajstić information content (AvgIpc) is 2.61. The summed E-state index contributed by atoms with van der Waals surface area (Å²) in [6.07, 6.45) is 0. The number of H-pyrrole nitrogens is 1. The molecule has 4 heteroatoms. The molecule has 0 bridgehead atoms. The molecule has 0 spiro atoms. The van der Waals surface area contributed by atoms with Crippen LogP contribution in [0.1, 0.15) is 11.5 Å². The van der Waals surface area contributed by atoms with Crippen LogP contribution in [0.2, 0.25) is 0 Å². The summed E-state index contributed by atoms with van der Waals surface area (Å²) in [6.45, 7) is 1.77. The van der Waals surface area contributed by atoms with Crippen molar-refractivity contribution in [3.05, 3.63) is 41.6 Å². The lowest BCUT2D eigenvalue weighted by atomic mass is 10.1. The van der Waals surface area contributed by atoms with Crippen molar-refractivity contribution in [3.63, 3.8) is 0 Å². The van der Waals surface area contributed by atoms with Gasteiger partial charge in [-0.05, 0) is 31.2 Å². The SMILES string of the molecule is Cc1nc(C#N)c(-c2ccc(F)cc2)[nH]1. The van der Waals surface area contributed by atoms with E-state index >= 15 is 0 Å². The van der Waals surface area contributed by atoms with Gasteiger partial charge in [0.05, 0.1) is 5.69 Å². The lowest BCUT2D eigenvalue weighted by molar-refractivity contribution is 0.628. The molecule has 1 aromatic carbocycles. The molecule has 3 nitrogen and oxygen atoms in total. The zero-order valence-corrected chi connectivity index (χ0v) is 8.08. The maximum atomic E-state index is 12.7. The van der Waals surface area contributed by atoms with Gasteiger partial charge < -0.3 is 4.98 Å². The van der Waals surface area contributed by atoms with Crippen LogP contribution in [-0.2, 0) is 0 Å². The molecule has 1 N–H and O–H groups in total. The van der Waals surface area contributed by atoms with Crippen molar-refractivity contribution in [2.24, 2.45) is 0 Å². The highest BCUT2D eigenvalue weighted by Crippen LogP contribution is 2.21. The third-order valence-corrected chi connectivity index (χ3v) is 2.06. The van der Waals surface area contributed by atoms with Crippen molar-refractivity contribution in [1.82, 2.24) is 9.97 Å². The highest BCUT2D eigenvalue weighted by Gasteiger charge is 2.09. The molecule has 2 aromatic rings. The zero-order valence-electron chi connectivity index (χ0n) is 8.08. The number of nitrogens with zero attached hydrogens (tertiary/aromatic N) is 2. The second-order valence-electron chi connectivity index (χ2n) is 3.16. The van der Waals surface area contributed by atoms with Gasteiger partial charge in [-0.25, -0.2) is 9.37 Å². The number of nitrogens with one attached hydrogen (secondary N) is 1. The molecule has 0 aliphatic carbocycles. The summed E-state index contributed by atoms with van der Waals surface area (Å²) < 4.78 is 12.7. The minimum Gasteiger partial charge on any atom is -0.341 e. The smallest absolute Gasteiger partial charge is 0.166 e. The number of aromatic nitrogens is 2. The van der Waals surface area contributed by atoms with Gasteiger partial charge in [0.1, 0.15) is 17.7 Å². The maximum Gasteiger partial charge on any atom is 0.166 e. The van der Waals surface area contributed by atoms with Crippen LogP contribution in [0, 0.1) is 24.1 Å². The van der Waals surface area contributed by atoms with E-state index in [9.17, 15) is 4.39 Å². The molecule has 0 aliphatic heterocycles. The molecule has 0 saturated heterocycles. The first-order valence-corrected chi connectivity index (χ1v) is 4.43. The second kappa shape index (κ2) is 3.54. The fourth-order valence-corrected chi connectivity index (χ4v) is 1.40. The van der Waals surface area contributed by atoms with E-state index in [2.05, 4.69) is 9.97 Å². The van der Waals surface area contributed by atoms with Gasteiger partial charge in [0.2, 0.25) is 0 Å². The Kier molecular flexibility index (Phi) is 2.22. The fraction of sp³-hybridized carbons (Fsp3) is 0.0909. The lowest BCUT2D eigenvalue weighted by Gasteiger charge is -1.97. The highest BCUT2D eigenvalue weighted by molar-refractivity contribution is 5.64. The maximum absolute atomic E-state index is 12.7. The van der Waals surface area contributed by atoms with Crippen molar-refractivity contribution in [2.75, 3.05) is 0 Å². The second-order valence-corrected chi connectivity index (χ2v) is 3.16. The van der Waals surface area contributed by atoms with Crippen LogP contribution in [0.4, 0.5) is 4.39 Å². The third kappa shape index (κ3) is 1.72. The number of rotatable bonds is 1. The molecular formula is C11H8FN3. The van der Waals surface area contributed by atoms with E-state index in [-0.39, 0.29) is 5.82 Å². The molecule has 1 heterocycles. The van der Waals surface area contributed by atoms with Crippen LogP contribution >= 0.6 is 0 Å². The Labute approximate surface area is 86.2 Å². The van der Waals surface area contributed by atoms with Crippen molar-refractivity contribution < 1.29 is 4.39 Å². The molecule has 0 atom stereocenters. The first kappa shape index (κ1) is 9.41. The van der Waals surface area contributed by atoms with Crippen molar-refractivity contribution >= 4 is 0 Å². The number of halogens is 1. The van der Waals surface area contributed by atoms with Gasteiger partial charge in [0, 0.05) is 5.56 Å². The molecule has 0 amide bonds. The lowest BCUT2D eigenvalue weighted by Crippen LogP contribution is -1.82. The zero-order chi connectivity index (χ0) is 10.8. The molecule has 15 heavy (non-hydrogen) atoms. The van der Waals surface area contributed by atoms with Crippen molar-refractivity contribution in [1.29, 1.82) is 5.26 Å². The number of aryl methyl sites for hydroxylation is 1. The van der Waals surface area contributed by atoms with E-state index in [4.69, 9.17) is 5.26 Å². The summed E-state index contributed by atoms with van der Waals surface area (Å²) in [5.74, 6) is 0.374. The number of aromatic amines is 1. The number of nitriles is 1. The minimum atomic E-state index is -0.298. The first-order valence-electron chi connectivity index (χ1n) is 4.43. The predicted octanol–water partition coefficient (Wildman–Crippen LogP) is 2.40. The third-order valence-electron chi connectivity index (χ3n) is 2.06. The topological polar surface area (TPSA) is 52.5 Å². The standard InChI is InChI=1S/C11H8FN3/c1-7-14-10(6-13)11(15-7)8-2-4-9(12)5-3-8/h2-5H,1H3,(H,14,15). The molecule has 1 aromatic heterocycles. The molecular weight excluding hydrogens is 193 g/mol. The van der Waals surface area contributed by atoms with Crippen LogP contribution < -0.4 is 0 Å². The van der Waals surface area contributed by atoms with Crippen LogP contribution in [0.3, 0.4) is 0 Å². The van der Waals surface area contributed by atoms with Gasteiger partial charge in [-0.3, -0.25) is 0 Å². The van der Waals surface area contributed by atoms with Gasteiger partial charge in [-0.2, -0.15) is 5.26 Å². The van der Waals surface area contributed by atoms with Gasteiger partial charge in [-0.15, -0.1) is 0 Å². The van der Waals surface area contributed by atoms with Crippen molar-refractivity contribution in [2.45, 2.75) is 6.92 Å². The summed E-state index contributed by atoms with van der Waals surface area (Å²) in [4.78, 5) is 6.99. The van der Waals surface area contributed by atoms with Gasteiger partial charge >= 0.3 is 0 Å². The normalized spacial score (nSPS) is 9.93. The number of hydrogen-bond acceptors (Lipinski definition) is 2. The predicted molar refractivity (Wildman–Crippen MR) is 53.4 cm³/mol. The summed E-state index contributed by atoms with van der Waals surface area (Å²) in [5.41, 5.74) is 1.72. The molecule has 0 radical (unpaired) electrons. The number of hydrogen-bond donors (Lipinski definition) is 1. The quantitative estimate of drug-likeness (QED) is 0.770. The Morgan fingerprint density at radius 1 is 1.33 bits per heavy atom. The van der Waals surface area contributed by atoms with E-state index < -0.39 is 0 Å². The largest absolute Gasteiger partial charge is 0.341 e. The molecule has 0 saturated carbocycles. The summed E-state index contributed by atoms with van der Waals surface area (Å²) in [6, 6.07) is 7.93. The fourth-order valence-electron chi connectivity index (χ4n) is 1.40. The average molecular weight is 201 g/mol. The Hall–Kier alpha value is -2.15. The highest BCUT2D eigenvalue weighted by atomic mass is 19.1. The first-order chi connectivity index (χ1) is 7.20. The van der Waals surface area contributed by atoms with Gasteiger partial charge in [-0.1, -0.05) is 0 Å². The Bertz CT molecular complexity index is 520. The minimum absolute atomic E-state index is 0.298. The Morgan fingerprint density at radius 3 is 2.60 bits per heavy atom. The molecule has 2 rings (SSSR count). The van der Waals surface area contributed by atoms with Crippen LogP contribution in [0.5, 0.6) is 0 Å². The number of benzene rings is 1. The summed E-state index contributed by atoms with van der Waals surface area (Å²) in [5, 5.41) is 8.84. The Balaban J connectivity index is 2.54. The monoisotopic (exact) mass is 201 g/mol. The molecule has 0 aliphatic rings. The molecule has 0 fully saturated rings. The molecule has 74 valence electrons. The van der Waals surface area contributed by atoms with E-state index in [0.29, 0.717) is 17.2 Å². The molecule has 0 unspecified atom stereocenters. The van der Waals surface area contributed by atoms with E-state index in [0.717, 1.165) is 5.56 Å². The van der Waals surface area contributed by atoms with E-state index in [1.807, 2.05) is 6.07 Å². The van der Waals surface area contributed by atoms with E-state index in [1.165, 1.54) is 12.1 Å². The number of imidazole rings is 1. The van der Waals surface area contributed by atoms with Gasteiger partial charge in [0.25, 0.3) is 0 Å². The Morgan fingerprint density at radius 2 is 2.00 bits per heavy atom. The van der Waals surface area contributed by atoms with Crippen LogP contribution in [-0.4, -0.2) is 9.97 Å². The van der Waals surface area contributed by atoms with Gasteiger partial charge in [0.15, 0.2) is 5.69 Å². The summed E-state index contributed by atoms with van der Waals surface area (Å²) in [7, 11) is 0.